The molecule has 1 aromatic heterocycles. The van der Waals surface area contributed by atoms with Gasteiger partial charge in [0, 0.05) is 23.3 Å². The number of nitrogens with two attached hydrogens (primary N) is 1. The molecule has 0 atom stereocenters. The van der Waals surface area contributed by atoms with Gasteiger partial charge in [0.25, 0.3) is 0 Å². The Morgan fingerprint density at radius 1 is 1.46 bits per heavy atom. The highest BCUT2D eigenvalue weighted by Crippen LogP contribution is 2.19. The van der Waals surface area contributed by atoms with Crippen molar-refractivity contribution < 1.29 is 0 Å². The number of benzene rings is 1. The lowest BCUT2D eigenvalue weighted by atomic mass is 10.2. The van der Waals surface area contributed by atoms with Gasteiger partial charge < -0.3 is 5.73 Å². The van der Waals surface area contributed by atoms with Crippen molar-refractivity contribution in [2.45, 2.75) is 20.4 Å². The van der Waals surface area contributed by atoms with E-state index in [1.807, 2.05) is 22.9 Å². The number of hydrogen-bond acceptors (Lipinski definition) is 2. The third kappa shape index (κ3) is 1.16. The molecule has 2 rings (SSSR count). The van der Waals surface area contributed by atoms with E-state index >= 15 is 0 Å². The second-order valence-electron chi connectivity index (χ2n) is 3.18. The number of aromatic nitrogens is 2. The number of nitrogens with zero attached hydrogens (tertiary/aromatic N) is 2. The Labute approximate surface area is 77.2 Å². The lowest BCUT2D eigenvalue weighted by molar-refractivity contribution is 0.647. The third-order valence-corrected chi connectivity index (χ3v) is 2.33. The van der Waals surface area contributed by atoms with E-state index in [0.717, 1.165) is 17.7 Å². The minimum Gasteiger partial charge on any atom is -0.399 e. The highest BCUT2D eigenvalue weighted by molar-refractivity contribution is 5.84. The molecule has 1 aromatic carbocycles. The molecule has 1 heterocycles. The van der Waals surface area contributed by atoms with Crippen molar-refractivity contribution in [3.8, 4) is 0 Å². The van der Waals surface area contributed by atoms with E-state index in [1.54, 1.807) is 0 Å². The highest BCUT2D eigenvalue weighted by atomic mass is 15.3. The maximum absolute atomic E-state index is 5.68. The van der Waals surface area contributed by atoms with Crippen molar-refractivity contribution in [2.75, 3.05) is 5.73 Å². The summed E-state index contributed by atoms with van der Waals surface area (Å²) in [6.07, 6.45) is 0. The van der Waals surface area contributed by atoms with Gasteiger partial charge in [0.05, 0.1) is 5.52 Å². The first-order chi connectivity index (χ1) is 6.22. The van der Waals surface area contributed by atoms with E-state index in [2.05, 4.69) is 18.9 Å². The van der Waals surface area contributed by atoms with Gasteiger partial charge in [-0.05, 0) is 32.0 Å². The number of hydrogen-bond donors (Lipinski definition) is 1. The van der Waals surface area contributed by atoms with Crippen molar-refractivity contribution >= 4 is 16.6 Å². The first-order valence-corrected chi connectivity index (χ1v) is 4.45. The summed E-state index contributed by atoms with van der Waals surface area (Å²) in [5.41, 5.74) is 8.64. The summed E-state index contributed by atoms with van der Waals surface area (Å²) < 4.78 is 1.99. The molecule has 2 N–H and O–H groups in total. The summed E-state index contributed by atoms with van der Waals surface area (Å²) in [6, 6.07) is 5.85. The van der Waals surface area contributed by atoms with Gasteiger partial charge in [-0.25, -0.2) is 0 Å². The van der Waals surface area contributed by atoms with Crippen molar-refractivity contribution in [3.05, 3.63) is 23.9 Å². The molecule has 3 nitrogen and oxygen atoms in total. The molecule has 13 heavy (non-hydrogen) atoms. The van der Waals surface area contributed by atoms with Gasteiger partial charge >= 0.3 is 0 Å². The molecule has 2 aromatic rings. The molecular weight excluding hydrogens is 162 g/mol. The fraction of sp³-hybridized carbons (Fsp3) is 0.300. The van der Waals surface area contributed by atoms with Gasteiger partial charge in [-0.2, -0.15) is 5.10 Å². The van der Waals surface area contributed by atoms with Gasteiger partial charge in [0.15, 0.2) is 0 Å². The van der Waals surface area contributed by atoms with Crippen molar-refractivity contribution in [3.63, 3.8) is 0 Å². The van der Waals surface area contributed by atoms with Gasteiger partial charge in [-0.15, -0.1) is 0 Å². The summed E-state index contributed by atoms with van der Waals surface area (Å²) in [5.74, 6) is 0. The Morgan fingerprint density at radius 2 is 2.23 bits per heavy atom. The second-order valence-corrected chi connectivity index (χ2v) is 3.18. The lowest BCUT2D eigenvalue weighted by Gasteiger charge is -1.96. The van der Waals surface area contributed by atoms with Crippen LogP contribution in [-0.2, 0) is 6.54 Å². The fourth-order valence-corrected chi connectivity index (χ4v) is 1.59. The third-order valence-electron chi connectivity index (χ3n) is 2.33. The van der Waals surface area contributed by atoms with Crippen LogP contribution in [0.4, 0.5) is 5.69 Å². The lowest BCUT2D eigenvalue weighted by Crippen LogP contribution is -1.97. The molecule has 0 aliphatic heterocycles. The fourth-order valence-electron chi connectivity index (χ4n) is 1.59. The van der Waals surface area contributed by atoms with Crippen LogP contribution in [0.2, 0.25) is 0 Å². The molecule has 0 fully saturated rings. The van der Waals surface area contributed by atoms with Crippen LogP contribution in [-0.4, -0.2) is 9.78 Å². The van der Waals surface area contributed by atoms with Gasteiger partial charge in [-0.3, -0.25) is 4.68 Å². The Hall–Kier alpha value is -1.51. The molecule has 0 unspecified atom stereocenters. The number of nitrogen functional groups attached to an aromatic ring is 1. The second kappa shape index (κ2) is 2.76. The van der Waals surface area contributed by atoms with E-state index in [9.17, 15) is 0 Å². The number of anilines is 1. The van der Waals surface area contributed by atoms with E-state index in [1.165, 1.54) is 11.1 Å². The van der Waals surface area contributed by atoms with Crippen molar-refractivity contribution in [1.82, 2.24) is 9.78 Å². The summed E-state index contributed by atoms with van der Waals surface area (Å²) in [4.78, 5) is 0. The molecule has 0 radical (unpaired) electrons. The zero-order valence-corrected chi connectivity index (χ0v) is 7.91. The van der Waals surface area contributed by atoms with Gasteiger partial charge in [-0.1, -0.05) is 0 Å². The van der Waals surface area contributed by atoms with Gasteiger partial charge in [0.2, 0.25) is 0 Å². The molecule has 0 saturated carbocycles. The minimum absolute atomic E-state index is 0.772. The van der Waals surface area contributed by atoms with Crippen molar-refractivity contribution in [2.24, 2.45) is 0 Å². The summed E-state index contributed by atoms with van der Waals surface area (Å²) >= 11 is 0. The molecule has 0 spiro atoms. The van der Waals surface area contributed by atoms with Crippen LogP contribution in [0.15, 0.2) is 18.2 Å². The smallest absolute Gasteiger partial charge is 0.0946 e. The monoisotopic (exact) mass is 175 g/mol. The van der Waals surface area contributed by atoms with E-state index < -0.39 is 0 Å². The van der Waals surface area contributed by atoms with Crippen LogP contribution < -0.4 is 5.73 Å². The molecule has 0 bridgehead atoms. The summed E-state index contributed by atoms with van der Waals surface area (Å²) in [7, 11) is 0. The minimum atomic E-state index is 0.772. The highest BCUT2D eigenvalue weighted by Gasteiger charge is 2.04. The molecular formula is C10H13N3. The molecule has 3 heteroatoms. The van der Waals surface area contributed by atoms with Crippen LogP contribution in [0.5, 0.6) is 0 Å². The molecule has 0 aliphatic carbocycles. The quantitative estimate of drug-likeness (QED) is 0.673. The number of fused-ring (bicyclic) bond motifs is 1. The normalized spacial score (nSPS) is 10.9. The molecule has 0 saturated heterocycles. The zero-order valence-electron chi connectivity index (χ0n) is 7.91. The van der Waals surface area contributed by atoms with Crippen LogP contribution in [0.1, 0.15) is 12.6 Å². The van der Waals surface area contributed by atoms with Crippen LogP contribution in [0.25, 0.3) is 10.9 Å². The maximum atomic E-state index is 5.68. The molecule has 0 aliphatic rings. The largest absolute Gasteiger partial charge is 0.399 e. The molecule has 68 valence electrons. The SMILES string of the molecule is CCn1nc2cc(N)ccc2c1C. The van der Waals surface area contributed by atoms with Crippen LogP contribution >= 0.6 is 0 Å². The number of aryl methyl sites for hydroxylation is 2. The predicted octanol–water partition coefficient (Wildman–Crippen LogP) is 1.95. The zero-order chi connectivity index (χ0) is 9.42. The summed E-state index contributed by atoms with van der Waals surface area (Å²) in [6.45, 7) is 5.07. The maximum Gasteiger partial charge on any atom is 0.0946 e. The van der Waals surface area contributed by atoms with Crippen LogP contribution in [0.3, 0.4) is 0 Å². The first kappa shape index (κ1) is 8.10. The van der Waals surface area contributed by atoms with Gasteiger partial charge in [0.1, 0.15) is 0 Å². The van der Waals surface area contributed by atoms with E-state index in [-0.39, 0.29) is 0 Å². The average molecular weight is 175 g/mol. The Morgan fingerprint density at radius 3 is 2.92 bits per heavy atom. The first-order valence-electron chi connectivity index (χ1n) is 4.45. The van der Waals surface area contributed by atoms with E-state index in [4.69, 9.17) is 5.73 Å². The standard InChI is InChI=1S/C10H13N3/c1-3-13-7(2)9-5-4-8(11)6-10(9)12-13/h4-6H,3,11H2,1-2H3. The van der Waals surface area contributed by atoms with Crippen LogP contribution in [0, 0.1) is 6.92 Å². The predicted molar refractivity (Wildman–Crippen MR) is 54.6 cm³/mol. The topological polar surface area (TPSA) is 43.8 Å². The average Bonchev–Trinajstić information content (AvgIpc) is 2.42. The summed E-state index contributed by atoms with van der Waals surface area (Å²) in [5, 5.41) is 5.62. The molecule has 0 amide bonds. The Kier molecular flexibility index (Phi) is 1.72. The number of rotatable bonds is 1. The van der Waals surface area contributed by atoms with E-state index in [0.29, 0.717) is 0 Å². The Balaban J connectivity index is 2.76. The van der Waals surface area contributed by atoms with Crippen molar-refractivity contribution in [1.29, 1.82) is 0 Å². The Bertz CT molecular complexity index is 443.